The van der Waals surface area contributed by atoms with E-state index in [2.05, 4.69) is 10.0 Å². The Bertz CT molecular complexity index is 532. The Morgan fingerprint density at radius 2 is 2.22 bits per heavy atom. The number of hydrogen-bond acceptors (Lipinski definition) is 5. The van der Waals surface area contributed by atoms with Crippen molar-refractivity contribution >= 4 is 44.6 Å². The van der Waals surface area contributed by atoms with Gasteiger partial charge in [0.25, 0.3) is 0 Å². The van der Waals surface area contributed by atoms with E-state index in [-0.39, 0.29) is 21.4 Å². The molecule has 1 aromatic heterocycles. The van der Waals surface area contributed by atoms with Gasteiger partial charge in [-0.1, -0.05) is 23.2 Å². The smallest absolute Gasteiger partial charge is 0.243 e. The molecule has 1 aromatic rings. The van der Waals surface area contributed by atoms with Gasteiger partial charge in [-0.3, -0.25) is 0 Å². The van der Waals surface area contributed by atoms with Crippen LogP contribution in [0, 0.1) is 0 Å². The van der Waals surface area contributed by atoms with E-state index in [4.69, 9.17) is 27.9 Å². The zero-order valence-electron chi connectivity index (χ0n) is 9.44. The van der Waals surface area contributed by atoms with Crippen molar-refractivity contribution in [3.8, 4) is 0 Å². The van der Waals surface area contributed by atoms with Crippen molar-refractivity contribution in [2.45, 2.75) is 17.0 Å². The first kappa shape index (κ1) is 14.5. The molecule has 18 heavy (non-hydrogen) atoms. The van der Waals surface area contributed by atoms with Crippen LogP contribution in [0.4, 0.5) is 0 Å². The van der Waals surface area contributed by atoms with Crippen LogP contribution in [0.1, 0.15) is 0 Å². The number of hydrogen-bond donors (Lipinski definition) is 2. The third-order valence-corrected chi connectivity index (χ3v) is 5.93. The Balaban J connectivity index is 2.19. The summed E-state index contributed by atoms with van der Waals surface area (Å²) in [5, 5.41) is 3.06. The maximum absolute atomic E-state index is 12.2. The van der Waals surface area contributed by atoms with Crippen LogP contribution in [-0.2, 0) is 14.8 Å². The third-order valence-electron chi connectivity index (χ3n) is 2.68. The summed E-state index contributed by atoms with van der Waals surface area (Å²) in [4.78, 5) is 0.0147. The maximum atomic E-state index is 12.2. The standard InChI is InChI=1S/C9H12Cl2N2O3S2/c1-16-6-4-12-3-5(6)13-18(14,15)7-2-8(10)17-9(7)11/h2,5-6,12-13H,3-4H2,1H3/t5?,6-/m0/s1. The van der Waals surface area contributed by atoms with E-state index in [9.17, 15) is 8.42 Å². The second kappa shape index (κ2) is 5.62. The normalized spacial score (nSPS) is 24.6. The zero-order valence-corrected chi connectivity index (χ0v) is 12.6. The fourth-order valence-corrected chi connectivity index (χ4v) is 5.20. The van der Waals surface area contributed by atoms with Crippen molar-refractivity contribution in [1.82, 2.24) is 10.0 Å². The minimum atomic E-state index is -3.67. The van der Waals surface area contributed by atoms with E-state index >= 15 is 0 Å². The quantitative estimate of drug-likeness (QED) is 0.873. The number of sulfonamides is 1. The highest BCUT2D eigenvalue weighted by molar-refractivity contribution is 7.89. The molecule has 1 saturated heterocycles. The molecule has 0 radical (unpaired) electrons. The fraction of sp³-hybridized carbons (Fsp3) is 0.556. The lowest BCUT2D eigenvalue weighted by molar-refractivity contribution is 0.103. The Morgan fingerprint density at radius 3 is 2.78 bits per heavy atom. The first-order valence-electron chi connectivity index (χ1n) is 5.14. The first-order chi connectivity index (χ1) is 8.44. The maximum Gasteiger partial charge on any atom is 0.243 e. The Kier molecular flexibility index (Phi) is 4.53. The third kappa shape index (κ3) is 2.98. The molecule has 1 unspecified atom stereocenters. The lowest BCUT2D eigenvalue weighted by Crippen LogP contribution is -2.43. The van der Waals surface area contributed by atoms with Crippen molar-refractivity contribution in [3.05, 3.63) is 14.7 Å². The van der Waals surface area contributed by atoms with Gasteiger partial charge in [-0.15, -0.1) is 11.3 Å². The lowest BCUT2D eigenvalue weighted by atomic mass is 10.2. The van der Waals surface area contributed by atoms with E-state index in [1.54, 1.807) is 7.11 Å². The van der Waals surface area contributed by atoms with E-state index in [1.165, 1.54) is 6.07 Å². The molecule has 1 aliphatic heterocycles. The molecular formula is C9H12Cl2N2O3S2. The summed E-state index contributed by atoms with van der Waals surface area (Å²) in [5.41, 5.74) is 0. The summed E-state index contributed by atoms with van der Waals surface area (Å²) in [7, 11) is -2.12. The Labute approximate surface area is 119 Å². The van der Waals surface area contributed by atoms with Crippen molar-refractivity contribution in [3.63, 3.8) is 0 Å². The topological polar surface area (TPSA) is 67.4 Å². The SMILES string of the molecule is CO[C@H]1CNCC1NS(=O)(=O)c1cc(Cl)sc1Cl. The molecule has 5 nitrogen and oxygen atoms in total. The Morgan fingerprint density at radius 1 is 1.50 bits per heavy atom. The van der Waals surface area contributed by atoms with E-state index < -0.39 is 10.0 Å². The monoisotopic (exact) mass is 330 g/mol. The molecule has 2 atom stereocenters. The van der Waals surface area contributed by atoms with Crippen molar-refractivity contribution in [1.29, 1.82) is 0 Å². The molecule has 1 fully saturated rings. The van der Waals surface area contributed by atoms with Crippen molar-refractivity contribution < 1.29 is 13.2 Å². The molecule has 0 bridgehead atoms. The highest BCUT2D eigenvalue weighted by Crippen LogP contribution is 2.34. The van der Waals surface area contributed by atoms with Gasteiger partial charge in [0, 0.05) is 20.2 Å². The minimum absolute atomic E-state index is 0.0147. The van der Waals surface area contributed by atoms with Gasteiger partial charge in [0.2, 0.25) is 10.0 Å². The number of halogens is 2. The second-order valence-corrected chi connectivity index (χ2v) is 7.82. The van der Waals surface area contributed by atoms with Gasteiger partial charge < -0.3 is 10.1 Å². The van der Waals surface area contributed by atoms with Gasteiger partial charge >= 0.3 is 0 Å². The van der Waals surface area contributed by atoms with Crippen LogP contribution in [0.25, 0.3) is 0 Å². The predicted molar refractivity (Wildman–Crippen MR) is 72.1 cm³/mol. The molecule has 2 heterocycles. The summed E-state index contributed by atoms with van der Waals surface area (Å²) in [5.74, 6) is 0. The summed E-state index contributed by atoms with van der Waals surface area (Å²) >= 11 is 12.6. The van der Waals surface area contributed by atoms with Crippen LogP contribution < -0.4 is 10.0 Å². The molecule has 0 aliphatic carbocycles. The lowest BCUT2D eigenvalue weighted by Gasteiger charge is -2.18. The van der Waals surface area contributed by atoms with Crippen molar-refractivity contribution in [2.24, 2.45) is 0 Å². The summed E-state index contributed by atoms with van der Waals surface area (Å²) in [6, 6.07) is 1.04. The summed E-state index contributed by atoms with van der Waals surface area (Å²) < 4.78 is 32.6. The van der Waals surface area contributed by atoms with E-state index in [0.717, 1.165) is 11.3 Å². The molecule has 2 rings (SSSR count). The van der Waals surface area contributed by atoms with Gasteiger partial charge in [-0.05, 0) is 6.07 Å². The molecule has 0 aromatic carbocycles. The predicted octanol–water partition coefficient (Wildman–Crippen LogP) is 1.32. The zero-order chi connectivity index (χ0) is 13.3. The van der Waals surface area contributed by atoms with Gasteiger partial charge in [-0.2, -0.15) is 0 Å². The largest absolute Gasteiger partial charge is 0.378 e. The minimum Gasteiger partial charge on any atom is -0.378 e. The highest BCUT2D eigenvalue weighted by Gasteiger charge is 2.32. The molecule has 102 valence electrons. The van der Waals surface area contributed by atoms with E-state index in [1.807, 2.05) is 0 Å². The molecule has 9 heteroatoms. The number of nitrogens with one attached hydrogen (secondary N) is 2. The molecular weight excluding hydrogens is 319 g/mol. The fourth-order valence-electron chi connectivity index (χ4n) is 1.79. The van der Waals surface area contributed by atoms with Crippen LogP contribution in [-0.4, -0.2) is 40.8 Å². The first-order valence-corrected chi connectivity index (χ1v) is 8.20. The summed E-state index contributed by atoms with van der Waals surface area (Å²) in [6.45, 7) is 1.13. The van der Waals surface area contributed by atoms with Crippen molar-refractivity contribution in [2.75, 3.05) is 20.2 Å². The second-order valence-electron chi connectivity index (χ2n) is 3.85. The number of thiophene rings is 1. The molecule has 0 spiro atoms. The molecule has 1 aliphatic rings. The molecule has 2 N–H and O–H groups in total. The van der Waals surface area contributed by atoms with Gasteiger partial charge in [0.1, 0.15) is 9.23 Å². The van der Waals surface area contributed by atoms with Crippen LogP contribution in [0.5, 0.6) is 0 Å². The average Bonchev–Trinajstić information content (AvgIpc) is 2.84. The number of methoxy groups -OCH3 is 1. The average molecular weight is 331 g/mol. The van der Waals surface area contributed by atoms with E-state index in [0.29, 0.717) is 17.4 Å². The van der Waals surface area contributed by atoms with Gasteiger partial charge in [-0.25, -0.2) is 13.1 Å². The number of ether oxygens (including phenoxy) is 1. The van der Waals surface area contributed by atoms with Crippen LogP contribution in [0.3, 0.4) is 0 Å². The summed E-state index contributed by atoms with van der Waals surface area (Å²) in [6.07, 6.45) is -0.187. The van der Waals surface area contributed by atoms with Gasteiger partial charge in [0.05, 0.1) is 16.5 Å². The Hall–Kier alpha value is 0.110. The molecule has 0 saturated carbocycles. The van der Waals surface area contributed by atoms with Crippen LogP contribution in [0.2, 0.25) is 8.67 Å². The van der Waals surface area contributed by atoms with Crippen LogP contribution in [0.15, 0.2) is 11.0 Å². The highest BCUT2D eigenvalue weighted by atomic mass is 35.5. The number of rotatable bonds is 4. The molecule has 0 amide bonds. The van der Waals surface area contributed by atoms with Crippen LogP contribution >= 0.6 is 34.5 Å². The van der Waals surface area contributed by atoms with Gasteiger partial charge in [0.15, 0.2) is 0 Å².